The van der Waals surface area contributed by atoms with Gasteiger partial charge in [-0.05, 0) is 6.07 Å². The lowest BCUT2D eigenvalue weighted by atomic mass is 10.1. The Morgan fingerprint density at radius 3 is 2.74 bits per heavy atom. The normalized spacial score (nSPS) is 12.1. The van der Waals surface area contributed by atoms with Crippen LogP contribution in [0.25, 0.3) is 11.0 Å². The molecule has 104 valence electrons. The van der Waals surface area contributed by atoms with E-state index in [1.165, 1.54) is 0 Å². The summed E-state index contributed by atoms with van der Waals surface area (Å²) >= 11 is 0. The molecule has 19 heavy (non-hydrogen) atoms. The highest BCUT2D eigenvalue weighted by Gasteiger charge is 2.12. The van der Waals surface area contributed by atoms with E-state index in [2.05, 4.69) is 5.32 Å². The van der Waals surface area contributed by atoms with E-state index >= 15 is 0 Å². The van der Waals surface area contributed by atoms with Gasteiger partial charge in [0, 0.05) is 30.5 Å². The van der Waals surface area contributed by atoms with E-state index < -0.39 is 10.0 Å². The van der Waals surface area contributed by atoms with E-state index in [1.54, 1.807) is 0 Å². The Morgan fingerprint density at radius 1 is 1.32 bits per heavy atom. The zero-order valence-electron chi connectivity index (χ0n) is 10.8. The van der Waals surface area contributed by atoms with Crippen molar-refractivity contribution in [3.05, 3.63) is 35.6 Å². The maximum Gasteiger partial charge on any atom is 0.210 e. The van der Waals surface area contributed by atoms with Crippen LogP contribution < -0.4 is 10.5 Å². The van der Waals surface area contributed by atoms with Crippen LogP contribution in [0.3, 0.4) is 0 Å². The lowest BCUT2D eigenvalue weighted by molar-refractivity contribution is 0.545. The van der Waals surface area contributed by atoms with E-state index in [0.29, 0.717) is 13.1 Å². The van der Waals surface area contributed by atoms with E-state index in [4.69, 9.17) is 9.56 Å². The first-order chi connectivity index (χ1) is 9.01. The molecule has 1 aromatic heterocycles. The van der Waals surface area contributed by atoms with Crippen LogP contribution in [0.2, 0.25) is 0 Å². The highest BCUT2D eigenvalue weighted by Crippen LogP contribution is 2.25. The van der Waals surface area contributed by atoms with Crippen LogP contribution in [0, 0.1) is 0 Å². The summed E-state index contributed by atoms with van der Waals surface area (Å²) in [5.41, 5.74) is 1.95. The summed E-state index contributed by atoms with van der Waals surface area (Å²) in [5, 5.41) is 9.12. The van der Waals surface area contributed by atoms with Crippen molar-refractivity contribution in [3.63, 3.8) is 0 Å². The van der Waals surface area contributed by atoms with Gasteiger partial charge in [-0.1, -0.05) is 25.1 Å². The Labute approximate surface area is 112 Å². The molecule has 0 aliphatic heterocycles. The summed E-state index contributed by atoms with van der Waals surface area (Å²) in [6.45, 7) is 2.95. The molecule has 0 aliphatic carbocycles. The van der Waals surface area contributed by atoms with Gasteiger partial charge < -0.3 is 9.73 Å². The lowest BCUT2D eigenvalue weighted by Crippen LogP contribution is -2.27. The summed E-state index contributed by atoms with van der Waals surface area (Å²) in [4.78, 5) is 0. The molecular formula is C13H18N2O3S. The number of hydrogen-bond donors (Lipinski definition) is 2. The van der Waals surface area contributed by atoms with Gasteiger partial charge in [0.15, 0.2) is 0 Å². The first-order valence-corrected chi connectivity index (χ1v) is 7.93. The maximum atomic E-state index is 10.8. The van der Waals surface area contributed by atoms with E-state index in [0.717, 1.165) is 28.7 Å². The molecule has 0 aliphatic rings. The largest absolute Gasteiger partial charge is 0.461 e. The second kappa shape index (κ2) is 5.73. The van der Waals surface area contributed by atoms with Crippen molar-refractivity contribution in [2.24, 2.45) is 5.14 Å². The van der Waals surface area contributed by atoms with Crippen LogP contribution in [0.15, 0.2) is 28.7 Å². The molecule has 0 fully saturated rings. The zero-order valence-corrected chi connectivity index (χ0v) is 11.7. The van der Waals surface area contributed by atoms with E-state index in [-0.39, 0.29) is 5.75 Å². The Kier molecular flexibility index (Phi) is 4.24. The minimum absolute atomic E-state index is 0.0652. The monoisotopic (exact) mass is 282 g/mol. The molecule has 0 amide bonds. The smallest absolute Gasteiger partial charge is 0.210 e. The van der Waals surface area contributed by atoms with Crippen LogP contribution in [0.5, 0.6) is 0 Å². The summed E-state index contributed by atoms with van der Waals surface area (Å²) in [6, 6.07) is 7.84. The van der Waals surface area contributed by atoms with Gasteiger partial charge in [-0.3, -0.25) is 0 Å². The third kappa shape index (κ3) is 3.56. The fourth-order valence-electron chi connectivity index (χ4n) is 2.06. The average molecular weight is 282 g/mol. The fourth-order valence-corrected chi connectivity index (χ4v) is 2.49. The Morgan fingerprint density at radius 2 is 2.05 bits per heavy atom. The van der Waals surface area contributed by atoms with Crippen molar-refractivity contribution in [1.82, 2.24) is 5.32 Å². The molecule has 2 aromatic rings. The number of nitrogens with two attached hydrogens (primary N) is 1. The van der Waals surface area contributed by atoms with Crippen molar-refractivity contribution in [3.8, 4) is 0 Å². The molecule has 6 heteroatoms. The third-order valence-corrected chi connectivity index (χ3v) is 3.74. The van der Waals surface area contributed by atoms with Crippen LogP contribution in [0.4, 0.5) is 0 Å². The molecule has 0 radical (unpaired) electrons. The van der Waals surface area contributed by atoms with Crippen LogP contribution in [0.1, 0.15) is 18.2 Å². The van der Waals surface area contributed by atoms with Crippen LogP contribution in [-0.4, -0.2) is 20.7 Å². The molecule has 1 aromatic carbocycles. The molecule has 2 rings (SSSR count). The number of fused-ring (bicyclic) bond motifs is 1. The van der Waals surface area contributed by atoms with E-state index in [1.807, 2.05) is 31.2 Å². The number of para-hydroxylation sites is 1. The van der Waals surface area contributed by atoms with Crippen LogP contribution >= 0.6 is 0 Å². The predicted molar refractivity (Wildman–Crippen MR) is 75.3 cm³/mol. The lowest BCUT2D eigenvalue weighted by Gasteiger charge is -2.04. The van der Waals surface area contributed by atoms with Crippen molar-refractivity contribution in [2.75, 3.05) is 12.3 Å². The summed E-state index contributed by atoms with van der Waals surface area (Å²) < 4.78 is 27.5. The fraction of sp³-hybridized carbons (Fsp3) is 0.385. The number of nitrogens with one attached hydrogen (secondary N) is 1. The number of rotatable bonds is 6. The Bertz CT molecular complexity index is 662. The minimum atomic E-state index is -3.41. The predicted octanol–water partition coefficient (Wildman–Crippen LogP) is 1.37. The van der Waals surface area contributed by atoms with Crippen molar-refractivity contribution in [1.29, 1.82) is 0 Å². The molecule has 0 saturated heterocycles. The van der Waals surface area contributed by atoms with Crippen molar-refractivity contribution < 1.29 is 12.8 Å². The second-order valence-corrected chi connectivity index (χ2v) is 6.13. The highest BCUT2D eigenvalue weighted by molar-refractivity contribution is 7.89. The highest BCUT2D eigenvalue weighted by atomic mass is 32.2. The first-order valence-electron chi connectivity index (χ1n) is 6.21. The summed E-state index contributed by atoms with van der Waals surface area (Å²) in [5.74, 6) is 0.869. The first kappa shape index (κ1) is 14.0. The van der Waals surface area contributed by atoms with Gasteiger partial charge in [-0.2, -0.15) is 0 Å². The number of benzene rings is 1. The van der Waals surface area contributed by atoms with Gasteiger partial charge in [-0.15, -0.1) is 0 Å². The average Bonchev–Trinajstić information content (AvgIpc) is 2.71. The SMILES string of the molecule is CCc1oc2ccccc2c1CNCCS(N)(=O)=O. The molecule has 0 spiro atoms. The summed E-state index contributed by atoms with van der Waals surface area (Å²) in [7, 11) is -3.41. The molecule has 3 N–H and O–H groups in total. The third-order valence-electron chi connectivity index (χ3n) is 2.97. The molecule has 0 atom stereocenters. The number of hydrogen-bond acceptors (Lipinski definition) is 4. The molecule has 5 nitrogen and oxygen atoms in total. The molecule has 0 saturated carbocycles. The molecule has 0 unspecified atom stereocenters. The molecule has 1 heterocycles. The number of sulfonamides is 1. The summed E-state index contributed by atoms with van der Waals surface area (Å²) in [6.07, 6.45) is 0.806. The standard InChI is InChI=1S/C13H18N2O3S/c1-2-12-11(9-15-7-8-19(14,16)17)10-5-3-4-6-13(10)18-12/h3-6,15H,2,7-9H2,1H3,(H2,14,16,17). The van der Waals surface area contributed by atoms with Gasteiger partial charge in [0.2, 0.25) is 10.0 Å². The Balaban J connectivity index is 2.11. The van der Waals surface area contributed by atoms with Gasteiger partial charge in [0.1, 0.15) is 11.3 Å². The van der Waals surface area contributed by atoms with Gasteiger partial charge in [-0.25, -0.2) is 13.6 Å². The van der Waals surface area contributed by atoms with Gasteiger partial charge in [0.05, 0.1) is 5.75 Å². The topological polar surface area (TPSA) is 85.3 Å². The maximum absolute atomic E-state index is 10.8. The van der Waals surface area contributed by atoms with Gasteiger partial charge >= 0.3 is 0 Å². The molecule has 0 bridgehead atoms. The number of furan rings is 1. The van der Waals surface area contributed by atoms with Crippen LogP contribution in [-0.2, 0) is 23.0 Å². The second-order valence-electron chi connectivity index (χ2n) is 4.40. The Hall–Kier alpha value is -1.37. The van der Waals surface area contributed by atoms with Crippen molar-refractivity contribution >= 4 is 21.0 Å². The van der Waals surface area contributed by atoms with Gasteiger partial charge in [0.25, 0.3) is 0 Å². The molecular weight excluding hydrogens is 264 g/mol. The zero-order chi connectivity index (χ0) is 13.9. The van der Waals surface area contributed by atoms with E-state index in [9.17, 15) is 8.42 Å². The van der Waals surface area contributed by atoms with Crippen molar-refractivity contribution in [2.45, 2.75) is 19.9 Å². The number of aryl methyl sites for hydroxylation is 1. The minimum Gasteiger partial charge on any atom is -0.461 e. The number of primary sulfonamides is 1. The quantitative estimate of drug-likeness (QED) is 0.784.